The molecule has 76 valence electrons. The minimum absolute atomic E-state index is 0.0435. The third kappa shape index (κ3) is 5.39. The molecule has 0 aliphatic heterocycles. The minimum Gasteiger partial charge on any atom is -0.469 e. The first kappa shape index (κ1) is 12.1. The van der Waals surface area contributed by atoms with E-state index in [0.717, 1.165) is 6.29 Å². The van der Waals surface area contributed by atoms with Crippen molar-refractivity contribution in [3.63, 3.8) is 0 Å². The molecule has 1 atom stereocenters. The SMILES string of the molecule is COC(=O)[C@@H](CC=O)CC(C)(C)C. The normalized spacial score (nSPS) is 13.5. The van der Waals surface area contributed by atoms with Crippen molar-refractivity contribution in [1.29, 1.82) is 0 Å². The van der Waals surface area contributed by atoms with Crippen molar-refractivity contribution in [3.05, 3.63) is 0 Å². The number of esters is 1. The quantitative estimate of drug-likeness (QED) is 0.496. The van der Waals surface area contributed by atoms with E-state index in [-0.39, 0.29) is 23.7 Å². The highest BCUT2D eigenvalue weighted by atomic mass is 16.5. The number of hydrogen-bond donors (Lipinski definition) is 0. The Morgan fingerprint density at radius 1 is 1.46 bits per heavy atom. The fraction of sp³-hybridized carbons (Fsp3) is 0.800. The summed E-state index contributed by atoms with van der Waals surface area (Å²) < 4.78 is 4.61. The molecule has 13 heavy (non-hydrogen) atoms. The maximum Gasteiger partial charge on any atom is 0.309 e. The Bertz CT molecular complexity index is 179. The van der Waals surface area contributed by atoms with Gasteiger partial charge in [0.05, 0.1) is 13.0 Å². The van der Waals surface area contributed by atoms with Crippen LogP contribution < -0.4 is 0 Å². The van der Waals surface area contributed by atoms with E-state index in [4.69, 9.17) is 0 Å². The Kier molecular flexibility index (Phi) is 4.67. The molecule has 0 saturated carbocycles. The maximum atomic E-state index is 11.2. The molecule has 0 rings (SSSR count). The van der Waals surface area contributed by atoms with Crippen molar-refractivity contribution >= 4 is 12.3 Å². The molecule has 3 nitrogen and oxygen atoms in total. The number of rotatable bonds is 4. The van der Waals surface area contributed by atoms with Gasteiger partial charge in [-0.25, -0.2) is 0 Å². The number of methoxy groups -OCH3 is 1. The summed E-state index contributed by atoms with van der Waals surface area (Å²) in [6.45, 7) is 6.11. The number of ether oxygens (including phenoxy) is 1. The largest absolute Gasteiger partial charge is 0.469 e. The first-order valence-electron chi connectivity index (χ1n) is 4.42. The predicted octanol–water partition coefficient (Wildman–Crippen LogP) is 1.80. The van der Waals surface area contributed by atoms with Crippen LogP contribution in [-0.2, 0) is 14.3 Å². The molecule has 0 aromatic carbocycles. The van der Waals surface area contributed by atoms with Gasteiger partial charge in [-0.3, -0.25) is 4.79 Å². The highest BCUT2D eigenvalue weighted by molar-refractivity contribution is 5.75. The summed E-state index contributed by atoms with van der Waals surface area (Å²) in [4.78, 5) is 21.5. The molecule has 0 N–H and O–H groups in total. The van der Waals surface area contributed by atoms with E-state index in [2.05, 4.69) is 4.74 Å². The third-order valence-corrected chi connectivity index (χ3v) is 1.77. The molecule has 0 radical (unpaired) electrons. The van der Waals surface area contributed by atoms with Gasteiger partial charge in [-0.2, -0.15) is 0 Å². The van der Waals surface area contributed by atoms with Crippen LogP contribution >= 0.6 is 0 Å². The molecule has 0 aromatic rings. The molecule has 0 bridgehead atoms. The summed E-state index contributed by atoms with van der Waals surface area (Å²) in [5.74, 6) is -0.579. The molecule has 0 saturated heterocycles. The zero-order valence-corrected chi connectivity index (χ0v) is 8.79. The van der Waals surface area contributed by atoms with Gasteiger partial charge in [-0.1, -0.05) is 20.8 Å². The van der Waals surface area contributed by atoms with Crippen LogP contribution in [0.4, 0.5) is 0 Å². The van der Waals surface area contributed by atoms with Gasteiger partial charge in [-0.15, -0.1) is 0 Å². The first-order valence-corrected chi connectivity index (χ1v) is 4.42. The lowest BCUT2D eigenvalue weighted by Crippen LogP contribution is -2.22. The Balaban J connectivity index is 4.25. The van der Waals surface area contributed by atoms with Crippen molar-refractivity contribution in [2.24, 2.45) is 11.3 Å². The van der Waals surface area contributed by atoms with Crippen LogP contribution in [0.2, 0.25) is 0 Å². The molecule has 3 heteroatoms. The second-order valence-corrected chi connectivity index (χ2v) is 4.39. The molecule has 0 spiro atoms. The van der Waals surface area contributed by atoms with Gasteiger partial charge < -0.3 is 9.53 Å². The van der Waals surface area contributed by atoms with Gasteiger partial charge in [-0.05, 0) is 11.8 Å². The Labute approximate surface area is 79.5 Å². The van der Waals surface area contributed by atoms with Crippen LogP contribution in [0, 0.1) is 11.3 Å². The van der Waals surface area contributed by atoms with Gasteiger partial charge in [0.15, 0.2) is 0 Å². The molecule has 0 aromatic heterocycles. The first-order chi connectivity index (χ1) is 5.90. The fourth-order valence-corrected chi connectivity index (χ4v) is 1.28. The standard InChI is InChI=1S/C10H18O3/c1-10(2,3)7-8(5-6-11)9(12)13-4/h6,8H,5,7H2,1-4H3/t8-/m0/s1. The Hall–Kier alpha value is -0.860. The van der Waals surface area contributed by atoms with Crippen LogP contribution in [0.3, 0.4) is 0 Å². The summed E-state index contributed by atoms with van der Waals surface area (Å²) >= 11 is 0. The lowest BCUT2D eigenvalue weighted by Gasteiger charge is -2.22. The Morgan fingerprint density at radius 3 is 2.31 bits per heavy atom. The topological polar surface area (TPSA) is 43.4 Å². The summed E-state index contributed by atoms with van der Waals surface area (Å²) in [5, 5.41) is 0. The molecule has 0 heterocycles. The monoisotopic (exact) mass is 186 g/mol. The van der Waals surface area contributed by atoms with Crippen molar-refractivity contribution in [2.75, 3.05) is 7.11 Å². The Morgan fingerprint density at radius 2 is 2.00 bits per heavy atom. The van der Waals surface area contributed by atoms with E-state index in [1.165, 1.54) is 7.11 Å². The van der Waals surface area contributed by atoms with E-state index >= 15 is 0 Å². The number of carbonyl (C=O) groups is 2. The maximum absolute atomic E-state index is 11.2. The van der Waals surface area contributed by atoms with Crippen LogP contribution in [0.25, 0.3) is 0 Å². The minimum atomic E-state index is -0.290. The fourth-order valence-electron chi connectivity index (χ4n) is 1.28. The average Bonchev–Trinajstić information content (AvgIpc) is 2.00. The molecule has 0 amide bonds. The van der Waals surface area contributed by atoms with Crippen molar-refractivity contribution in [2.45, 2.75) is 33.6 Å². The van der Waals surface area contributed by atoms with E-state index in [9.17, 15) is 9.59 Å². The van der Waals surface area contributed by atoms with E-state index < -0.39 is 0 Å². The highest BCUT2D eigenvalue weighted by Gasteiger charge is 2.24. The van der Waals surface area contributed by atoms with Gasteiger partial charge in [0.2, 0.25) is 0 Å². The average molecular weight is 186 g/mol. The predicted molar refractivity (Wildman–Crippen MR) is 50.3 cm³/mol. The second kappa shape index (κ2) is 5.00. The van der Waals surface area contributed by atoms with Gasteiger partial charge >= 0.3 is 5.97 Å². The van der Waals surface area contributed by atoms with Crippen molar-refractivity contribution in [1.82, 2.24) is 0 Å². The van der Waals surface area contributed by atoms with Crippen LogP contribution in [-0.4, -0.2) is 19.4 Å². The summed E-state index contributed by atoms with van der Waals surface area (Å²) in [7, 11) is 1.35. The lowest BCUT2D eigenvalue weighted by atomic mass is 9.83. The smallest absolute Gasteiger partial charge is 0.309 e. The number of carbonyl (C=O) groups excluding carboxylic acids is 2. The van der Waals surface area contributed by atoms with Crippen LogP contribution in [0.5, 0.6) is 0 Å². The molecule has 0 unspecified atom stereocenters. The van der Waals surface area contributed by atoms with Gasteiger partial charge in [0.25, 0.3) is 0 Å². The zero-order chi connectivity index (χ0) is 10.5. The van der Waals surface area contributed by atoms with E-state index in [1.54, 1.807) is 0 Å². The number of aldehydes is 1. The molecule has 0 aliphatic rings. The zero-order valence-electron chi connectivity index (χ0n) is 8.79. The van der Waals surface area contributed by atoms with Crippen LogP contribution in [0.1, 0.15) is 33.6 Å². The van der Waals surface area contributed by atoms with Crippen LogP contribution in [0.15, 0.2) is 0 Å². The molecular formula is C10H18O3. The third-order valence-electron chi connectivity index (χ3n) is 1.77. The highest BCUT2D eigenvalue weighted by Crippen LogP contribution is 2.26. The summed E-state index contributed by atoms with van der Waals surface area (Å²) in [6.07, 6.45) is 1.70. The van der Waals surface area contributed by atoms with Crippen molar-refractivity contribution < 1.29 is 14.3 Å². The van der Waals surface area contributed by atoms with Gasteiger partial charge in [0.1, 0.15) is 6.29 Å². The van der Waals surface area contributed by atoms with E-state index in [1.807, 2.05) is 20.8 Å². The lowest BCUT2D eigenvalue weighted by molar-refractivity contribution is -0.147. The molecule has 0 aliphatic carbocycles. The van der Waals surface area contributed by atoms with Crippen molar-refractivity contribution in [3.8, 4) is 0 Å². The van der Waals surface area contributed by atoms with E-state index in [0.29, 0.717) is 6.42 Å². The van der Waals surface area contributed by atoms with Gasteiger partial charge in [0, 0.05) is 6.42 Å². The summed E-state index contributed by atoms with van der Waals surface area (Å²) in [6, 6.07) is 0. The summed E-state index contributed by atoms with van der Waals surface area (Å²) in [5.41, 5.74) is 0.0435. The number of hydrogen-bond acceptors (Lipinski definition) is 3. The molecule has 0 fully saturated rings. The second-order valence-electron chi connectivity index (χ2n) is 4.39. The molecular weight excluding hydrogens is 168 g/mol.